The van der Waals surface area contributed by atoms with Crippen molar-refractivity contribution in [2.45, 2.75) is 50.5 Å². The number of alkyl halides is 3. The molecule has 2 aromatic rings. The molecule has 156 valence electrons. The van der Waals surface area contributed by atoms with Gasteiger partial charge in [0.1, 0.15) is 6.04 Å². The Kier molecular flexibility index (Phi) is 6.85. The first kappa shape index (κ1) is 21.6. The van der Waals surface area contributed by atoms with E-state index >= 15 is 0 Å². The maximum Gasteiger partial charge on any atom is 0.471 e. The van der Waals surface area contributed by atoms with Gasteiger partial charge in [-0.05, 0) is 35.9 Å². The van der Waals surface area contributed by atoms with Gasteiger partial charge in [0.05, 0.1) is 0 Å². The van der Waals surface area contributed by atoms with Crippen LogP contribution >= 0.6 is 22.9 Å². The maximum atomic E-state index is 13.4. The van der Waals surface area contributed by atoms with Crippen molar-refractivity contribution in [2.24, 2.45) is 0 Å². The van der Waals surface area contributed by atoms with Crippen molar-refractivity contribution in [2.75, 3.05) is 0 Å². The lowest BCUT2D eigenvalue weighted by atomic mass is 10.1. The normalized spacial score (nSPS) is 15.9. The summed E-state index contributed by atoms with van der Waals surface area (Å²) in [4.78, 5) is 26.3. The second-order valence-corrected chi connectivity index (χ2v) is 8.32. The van der Waals surface area contributed by atoms with Gasteiger partial charge in [0.15, 0.2) is 0 Å². The number of nitrogens with zero attached hydrogens (tertiary/aromatic N) is 1. The summed E-state index contributed by atoms with van der Waals surface area (Å²) in [5, 5.41) is 4.72. The predicted octanol–water partition coefficient (Wildman–Crippen LogP) is 5.09. The first-order chi connectivity index (χ1) is 13.8. The van der Waals surface area contributed by atoms with E-state index < -0.39 is 30.6 Å². The Morgan fingerprint density at radius 2 is 1.86 bits per heavy atom. The Hall–Kier alpha value is -2.06. The van der Waals surface area contributed by atoms with Gasteiger partial charge < -0.3 is 10.2 Å². The zero-order valence-corrected chi connectivity index (χ0v) is 17.0. The number of halogens is 4. The number of carbonyl (C=O) groups is 2. The van der Waals surface area contributed by atoms with Gasteiger partial charge in [0.25, 0.3) is 0 Å². The van der Waals surface area contributed by atoms with E-state index in [0.717, 1.165) is 37.0 Å². The van der Waals surface area contributed by atoms with Crippen molar-refractivity contribution >= 4 is 34.8 Å². The fourth-order valence-electron chi connectivity index (χ4n) is 3.47. The Labute approximate surface area is 175 Å². The monoisotopic (exact) mass is 444 g/mol. The Balaban J connectivity index is 1.98. The van der Waals surface area contributed by atoms with Gasteiger partial charge in [0.2, 0.25) is 5.91 Å². The highest BCUT2D eigenvalue weighted by Crippen LogP contribution is 2.33. The van der Waals surface area contributed by atoms with Crippen molar-refractivity contribution in [3.8, 4) is 0 Å². The maximum absolute atomic E-state index is 13.4. The third-order valence-electron chi connectivity index (χ3n) is 4.88. The van der Waals surface area contributed by atoms with Crippen molar-refractivity contribution in [1.29, 1.82) is 0 Å². The molecule has 1 saturated carbocycles. The van der Waals surface area contributed by atoms with Gasteiger partial charge in [-0.3, -0.25) is 9.59 Å². The topological polar surface area (TPSA) is 49.4 Å². The van der Waals surface area contributed by atoms with Gasteiger partial charge in [-0.2, -0.15) is 13.2 Å². The molecule has 1 fully saturated rings. The molecule has 0 aliphatic heterocycles. The summed E-state index contributed by atoms with van der Waals surface area (Å²) in [7, 11) is 0. The van der Waals surface area contributed by atoms with Gasteiger partial charge >= 0.3 is 12.1 Å². The molecule has 0 bridgehead atoms. The zero-order valence-electron chi connectivity index (χ0n) is 15.4. The molecule has 1 aromatic carbocycles. The predicted molar refractivity (Wildman–Crippen MR) is 106 cm³/mol. The minimum absolute atomic E-state index is 0.0897. The molecule has 1 aliphatic carbocycles. The fourth-order valence-corrected chi connectivity index (χ4v) is 4.50. The Morgan fingerprint density at radius 3 is 2.45 bits per heavy atom. The lowest BCUT2D eigenvalue weighted by molar-refractivity contribution is -0.189. The summed E-state index contributed by atoms with van der Waals surface area (Å²) in [6, 6.07) is 8.07. The number of hydrogen-bond acceptors (Lipinski definition) is 3. The van der Waals surface area contributed by atoms with Crippen molar-refractivity contribution in [1.82, 2.24) is 10.2 Å². The number of carbonyl (C=O) groups excluding carboxylic acids is 2. The van der Waals surface area contributed by atoms with E-state index in [0.29, 0.717) is 15.3 Å². The largest absolute Gasteiger partial charge is 0.471 e. The van der Waals surface area contributed by atoms with E-state index in [1.54, 1.807) is 35.7 Å². The summed E-state index contributed by atoms with van der Waals surface area (Å²) in [5.74, 6) is -2.68. The van der Waals surface area contributed by atoms with Crippen LogP contribution in [-0.2, 0) is 16.1 Å². The third kappa shape index (κ3) is 5.30. The lowest BCUT2D eigenvalue weighted by Crippen LogP contribution is -2.49. The summed E-state index contributed by atoms with van der Waals surface area (Å²) >= 11 is 7.25. The van der Waals surface area contributed by atoms with Crippen LogP contribution in [0.3, 0.4) is 0 Å². The van der Waals surface area contributed by atoms with Gasteiger partial charge in [-0.25, -0.2) is 0 Å². The molecule has 0 radical (unpaired) electrons. The van der Waals surface area contributed by atoms with Crippen LogP contribution in [0.4, 0.5) is 13.2 Å². The highest BCUT2D eigenvalue weighted by Gasteiger charge is 2.47. The smallest absolute Gasteiger partial charge is 0.351 e. The average Bonchev–Trinajstić information content (AvgIpc) is 3.35. The minimum Gasteiger partial charge on any atom is -0.351 e. The van der Waals surface area contributed by atoms with Gasteiger partial charge in [-0.1, -0.05) is 48.7 Å². The average molecular weight is 445 g/mol. The molecule has 1 atom stereocenters. The molecule has 1 aromatic heterocycles. The molecule has 3 rings (SSSR count). The van der Waals surface area contributed by atoms with Crippen molar-refractivity contribution in [3.63, 3.8) is 0 Å². The fraction of sp³-hybridized carbons (Fsp3) is 0.400. The Bertz CT molecular complexity index is 852. The minimum atomic E-state index is -5.12. The quantitative estimate of drug-likeness (QED) is 0.674. The number of rotatable bonds is 6. The molecule has 1 aliphatic rings. The van der Waals surface area contributed by atoms with E-state index in [1.165, 1.54) is 6.07 Å². The standard InChI is InChI=1S/C20H20ClF3N2O2S/c21-15-9-4-1-6-13(15)12-26(19(28)20(22,23)24)17(16-10-5-11-29-16)18(27)25-14-7-2-3-8-14/h1,4-6,9-11,14,17H,2-3,7-8,12H2,(H,25,27). The Morgan fingerprint density at radius 1 is 1.17 bits per heavy atom. The molecule has 0 saturated heterocycles. The molecular weight excluding hydrogens is 425 g/mol. The van der Waals surface area contributed by atoms with E-state index in [1.807, 2.05) is 0 Å². The van der Waals surface area contributed by atoms with Crippen LogP contribution in [0.5, 0.6) is 0 Å². The molecule has 29 heavy (non-hydrogen) atoms. The lowest BCUT2D eigenvalue weighted by Gasteiger charge is -2.32. The van der Waals surface area contributed by atoms with E-state index in [2.05, 4.69) is 5.32 Å². The molecule has 1 N–H and O–H groups in total. The van der Waals surface area contributed by atoms with Crippen LogP contribution in [0.2, 0.25) is 5.02 Å². The summed E-state index contributed by atoms with van der Waals surface area (Å²) < 4.78 is 40.3. The molecular formula is C20H20ClF3N2O2S. The van der Waals surface area contributed by atoms with Crippen molar-refractivity contribution in [3.05, 3.63) is 57.2 Å². The van der Waals surface area contributed by atoms with Crippen LogP contribution in [0, 0.1) is 0 Å². The third-order valence-corrected chi connectivity index (χ3v) is 6.17. The zero-order chi connectivity index (χ0) is 21.0. The van der Waals surface area contributed by atoms with E-state index in [9.17, 15) is 22.8 Å². The SMILES string of the molecule is O=C(NC1CCCC1)C(c1cccs1)N(Cc1ccccc1Cl)C(=O)C(F)(F)F. The second kappa shape index (κ2) is 9.17. The molecule has 1 unspecified atom stereocenters. The molecule has 1 heterocycles. The number of hydrogen-bond donors (Lipinski definition) is 1. The first-order valence-corrected chi connectivity index (χ1v) is 10.5. The van der Waals surface area contributed by atoms with E-state index in [4.69, 9.17) is 11.6 Å². The van der Waals surface area contributed by atoms with Crippen LogP contribution in [0.1, 0.15) is 42.2 Å². The number of amides is 2. The summed E-state index contributed by atoms with van der Waals surface area (Å²) in [6.45, 7) is -0.432. The van der Waals surface area contributed by atoms with Gasteiger partial charge in [0, 0.05) is 22.5 Å². The number of nitrogens with one attached hydrogen (secondary N) is 1. The first-order valence-electron chi connectivity index (χ1n) is 9.22. The van der Waals surface area contributed by atoms with Crippen molar-refractivity contribution < 1.29 is 22.8 Å². The second-order valence-electron chi connectivity index (χ2n) is 6.93. The highest BCUT2D eigenvalue weighted by atomic mass is 35.5. The number of thiophene rings is 1. The van der Waals surface area contributed by atoms with Crippen LogP contribution in [-0.4, -0.2) is 28.9 Å². The summed E-state index contributed by atoms with van der Waals surface area (Å²) in [6.07, 6.45) is -1.65. The summed E-state index contributed by atoms with van der Waals surface area (Å²) in [5.41, 5.74) is 0.335. The highest BCUT2D eigenvalue weighted by molar-refractivity contribution is 7.10. The number of benzene rings is 1. The van der Waals surface area contributed by atoms with E-state index in [-0.39, 0.29) is 11.1 Å². The molecule has 0 spiro atoms. The van der Waals surface area contributed by atoms with Crippen LogP contribution < -0.4 is 5.32 Å². The molecule has 4 nitrogen and oxygen atoms in total. The van der Waals surface area contributed by atoms with Crippen LogP contribution in [0.25, 0.3) is 0 Å². The molecule has 2 amide bonds. The van der Waals surface area contributed by atoms with Gasteiger partial charge in [-0.15, -0.1) is 11.3 Å². The molecule has 9 heteroatoms. The van der Waals surface area contributed by atoms with Crippen LogP contribution in [0.15, 0.2) is 41.8 Å².